The molecule has 0 aliphatic rings. The van der Waals surface area contributed by atoms with Crippen molar-refractivity contribution in [3.8, 4) is 10.4 Å². The second kappa shape index (κ2) is 5.86. The summed E-state index contributed by atoms with van der Waals surface area (Å²) >= 11 is 1.72. The molecular formula is C17H16N4O2S. The molecule has 0 atom stereocenters. The maximum absolute atomic E-state index is 12.1. The zero-order valence-corrected chi connectivity index (χ0v) is 13.9. The van der Waals surface area contributed by atoms with E-state index in [0.717, 1.165) is 33.5 Å². The Kier molecular flexibility index (Phi) is 3.68. The van der Waals surface area contributed by atoms with Crippen LogP contribution in [0.15, 0.2) is 41.2 Å². The summed E-state index contributed by atoms with van der Waals surface area (Å²) in [4.78, 5) is 14.5. The number of hydrogen-bond donors (Lipinski definition) is 3. The number of nitrogens with zero attached hydrogens (tertiary/aromatic N) is 2. The Morgan fingerprint density at radius 3 is 2.96 bits per heavy atom. The molecule has 3 aromatic heterocycles. The number of fused-ring (bicyclic) bond motifs is 3. The average molecular weight is 340 g/mol. The zero-order chi connectivity index (χ0) is 16.7. The van der Waals surface area contributed by atoms with Crippen molar-refractivity contribution in [2.45, 2.75) is 13.2 Å². The van der Waals surface area contributed by atoms with Crippen molar-refractivity contribution in [2.75, 3.05) is 7.05 Å². The largest absolute Gasteiger partial charge is 0.392 e. The number of hydrogen-bond acceptors (Lipinski definition) is 5. The minimum Gasteiger partial charge on any atom is -0.392 e. The molecule has 3 heterocycles. The van der Waals surface area contributed by atoms with Gasteiger partial charge in [0.15, 0.2) is 5.65 Å². The van der Waals surface area contributed by atoms with Gasteiger partial charge in [-0.3, -0.25) is 0 Å². The van der Waals surface area contributed by atoms with Gasteiger partial charge in [0.05, 0.1) is 12.1 Å². The van der Waals surface area contributed by atoms with Gasteiger partial charge in [-0.1, -0.05) is 12.1 Å². The number of nitrogens with one attached hydrogen (secondary N) is 2. The molecule has 0 radical (unpaired) electrons. The minimum absolute atomic E-state index is 0.0985. The van der Waals surface area contributed by atoms with Crippen LogP contribution in [0.2, 0.25) is 0 Å². The molecule has 0 unspecified atom stereocenters. The quantitative estimate of drug-likeness (QED) is 0.531. The van der Waals surface area contributed by atoms with Crippen LogP contribution in [-0.2, 0) is 13.2 Å². The Labute approximate surface area is 141 Å². The highest BCUT2D eigenvalue weighted by molar-refractivity contribution is 7.15. The maximum Gasteiger partial charge on any atom is 0.348 e. The molecule has 0 aliphatic heterocycles. The van der Waals surface area contributed by atoms with Crippen molar-refractivity contribution < 1.29 is 5.11 Å². The van der Waals surface area contributed by atoms with E-state index in [-0.39, 0.29) is 12.3 Å². The van der Waals surface area contributed by atoms with Gasteiger partial charge in [0, 0.05) is 21.7 Å². The average Bonchev–Trinajstić information content (AvgIpc) is 3.21. The number of aromatic amines is 1. The molecule has 0 fully saturated rings. The highest BCUT2D eigenvalue weighted by Gasteiger charge is 2.12. The molecule has 0 spiro atoms. The van der Waals surface area contributed by atoms with E-state index >= 15 is 0 Å². The second-order valence-electron chi connectivity index (χ2n) is 5.58. The summed E-state index contributed by atoms with van der Waals surface area (Å²) in [6.07, 6.45) is 0. The molecule has 0 bridgehead atoms. The smallest absolute Gasteiger partial charge is 0.348 e. The monoisotopic (exact) mass is 340 g/mol. The van der Waals surface area contributed by atoms with Crippen LogP contribution < -0.4 is 11.0 Å². The molecule has 1 aromatic carbocycles. The molecule has 122 valence electrons. The first-order valence-corrected chi connectivity index (χ1v) is 8.40. The summed E-state index contributed by atoms with van der Waals surface area (Å²) in [5.41, 5.74) is 2.77. The number of aliphatic hydroxyl groups is 1. The molecule has 0 saturated heterocycles. The van der Waals surface area contributed by atoms with Crippen molar-refractivity contribution in [3.05, 3.63) is 57.3 Å². The maximum atomic E-state index is 12.1. The number of thiophene rings is 1. The van der Waals surface area contributed by atoms with Crippen molar-refractivity contribution >= 4 is 27.9 Å². The van der Waals surface area contributed by atoms with E-state index in [1.165, 1.54) is 4.88 Å². The van der Waals surface area contributed by atoms with E-state index in [2.05, 4.69) is 27.6 Å². The molecule has 0 saturated carbocycles. The van der Waals surface area contributed by atoms with E-state index in [9.17, 15) is 9.90 Å². The number of aromatic nitrogens is 3. The Morgan fingerprint density at radius 2 is 2.17 bits per heavy atom. The van der Waals surface area contributed by atoms with Gasteiger partial charge in [0.2, 0.25) is 0 Å². The van der Waals surface area contributed by atoms with E-state index in [4.69, 9.17) is 0 Å². The molecule has 4 aromatic rings. The Bertz CT molecular complexity index is 1090. The van der Waals surface area contributed by atoms with Gasteiger partial charge in [-0.15, -0.1) is 11.3 Å². The highest BCUT2D eigenvalue weighted by Crippen LogP contribution is 2.31. The molecule has 3 N–H and O–H groups in total. The number of rotatable bonds is 4. The normalized spacial score (nSPS) is 11.6. The van der Waals surface area contributed by atoms with E-state index < -0.39 is 0 Å². The van der Waals surface area contributed by atoms with Crippen LogP contribution in [0.4, 0.5) is 0 Å². The third kappa shape index (κ3) is 2.34. The summed E-state index contributed by atoms with van der Waals surface area (Å²) in [5, 5.41) is 20.1. The molecule has 6 nitrogen and oxygen atoms in total. The van der Waals surface area contributed by atoms with Crippen LogP contribution in [0.3, 0.4) is 0 Å². The summed E-state index contributed by atoms with van der Waals surface area (Å²) in [6.45, 7) is 0.733. The van der Waals surface area contributed by atoms with Crippen molar-refractivity contribution in [2.24, 2.45) is 0 Å². The van der Waals surface area contributed by atoms with Crippen LogP contribution in [0, 0.1) is 0 Å². The Morgan fingerprint density at radius 1 is 1.29 bits per heavy atom. The Balaban J connectivity index is 1.97. The van der Waals surface area contributed by atoms with Crippen LogP contribution >= 0.6 is 11.3 Å². The molecule has 4 rings (SSSR count). The van der Waals surface area contributed by atoms with Gasteiger partial charge >= 0.3 is 5.69 Å². The number of pyridine rings is 1. The molecule has 0 amide bonds. The third-order valence-corrected chi connectivity index (χ3v) is 5.19. The van der Waals surface area contributed by atoms with Gasteiger partial charge in [-0.05, 0) is 42.4 Å². The van der Waals surface area contributed by atoms with Crippen molar-refractivity contribution in [1.82, 2.24) is 19.9 Å². The second-order valence-corrected chi connectivity index (χ2v) is 6.75. The fourth-order valence-corrected chi connectivity index (χ4v) is 3.96. The summed E-state index contributed by atoms with van der Waals surface area (Å²) in [7, 11) is 1.92. The minimum atomic E-state index is -0.279. The lowest BCUT2D eigenvalue weighted by Gasteiger charge is -2.08. The summed E-state index contributed by atoms with van der Waals surface area (Å²) in [6, 6.07) is 11.9. The van der Waals surface area contributed by atoms with Crippen molar-refractivity contribution in [1.29, 1.82) is 0 Å². The first-order valence-electron chi connectivity index (χ1n) is 7.58. The molecule has 0 aliphatic carbocycles. The first kappa shape index (κ1) is 15.1. The van der Waals surface area contributed by atoms with E-state index in [1.54, 1.807) is 21.8 Å². The fraction of sp³-hybridized carbons (Fsp3) is 0.176. The Hall–Kier alpha value is -2.48. The number of H-pyrrole nitrogens is 1. The predicted molar refractivity (Wildman–Crippen MR) is 95.3 cm³/mol. The van der Waals surface area contributed by atoms with Crippen LogP contribution in [0.25, 0.3) is 27.0 Å². The molecule has 24 heavy (non-hydrogen) atoms. The summed E-state index contributed by atoms with van der Waals surface area (Å²) < 4.78 is 1.54. The number of aliphatic hydroxyl groups excluding tert-OH is 1. The lowest BCUT2D eigenvalue weighted by molar-refractivity contribution is 0.283. The van der Waals surface area contributed by atoms with Gasteiger partial charge in [0.25, 0.3) is 0 Å². The zero-order valence-electron chi connectivity index (χ0n) is 13.0. The number of benzene rings is 1. The summed E-state index contributed by atoms with van der Waals surface area (Å²) in [5.74, 6) is 0. The topological polar surface area (TPSA) is 82.4 Å². The van der Waals surface area contributed by atoms with Gasteiger partial charge in [-0.25, -0.2) is 14.3 Å². The van der Waals surface area contributed by atoms with E-state index in [1.807, 2.05) is 25.2 Å². The van der Waals surface area contributed by atoms with Crippen LogP contribution in [-0.4, -0.2) is 26.8 Å². The standard InChI is InChI=1S/C17H16N4O2S/c1-18-8-12-3-5-15(24-12)10-2-4-13-11(9-22)7-16-19-20-17(23)21(16)14(13)6-10/h2-7,18,22H,8-9H2,1H3,(H,20,23). The molecule has 7 heteroatoms. The third-order valence-electron chi connectivity index (χ3n) is 4.05. The fourth-order valence-electron chi connectivity index (χ4n) is 2.95. The van der Waals surface area contributed by atoms with E-state index in [0.29, 0.717) is 5.65 Å². The first-order chi connectivity index (χ1) is 11.7. The lowest BCUT2D eigenvalue weighted by atomic mass is 10.1. The van der Waals surface area contributed by atoms with Gasteiger partial charge < -0.3 is 10.4 Å². The van der Waals surface area contributed by atoms with Crippen LogP contribution in [0.5, 0.6) is 0 Å². The van der Waals surface area contributed by atoms with Gasteiger partial charge in [0.1, 0.15) is 0 Å². The predicted octanol–water partition coefficient (Wildman–Crippen LogP) is 2.12. The highest BCUT2D eigenvalue weighted by atomic mass is 32.1. The van der Waals surface area contributed by atoms with Gasteiger partial charge in [-0.2, -0.15) is 5.10 Å². The lowest BCUT2D eigenvalue weighted by Crippen LogP contribution is -2.10. The SMILES string of the molecule is CNCc1ccc(-c2ccc3c(CO)cc4n[nH]c(=O)n4c3c2)s1. The van der Waals surface area contributed by atoms with Crippen LogP contribution in [0.1, 0.15) is 10.4 Å². The van der Waals surface area contributed by atoms with Crippen molar-refractivity contribution in [3.63, 3.8) is 0 Å². The molecular weight excluding hydrogens is 324 g/mol.